The van der Waals surface area contributed by atoms with Crippen molar-refractivity contribution in [3.63, 3.8) is 0 Å². The first-order chi connectivity index (χ1) is 9.95. The fourth-order valence-corrected chi connectivity index (χ4v) is 2.10. The first-order valence-corrected chi connectivity index (χ1v) is 6.74. The van der Waals surface area contributed by atoms with Gasteiger partial charge in [0.15, 0.2) is 0 Å². The maximum absolute atomic E-state index is 12.0. The smallest absolute Gasteiger partial charge is 0.318 e. The van der Waals surface area contributed by atoms with Crippen molar-refractivity contribution in [2.75, 3.05) is 19.7 Å². The molecule has 1 fully saturated rings. The zero-order chi connectivity index (χ0) is 15.4. The van der Waals surface area contributed by atoms with Gasteiger partial charge in [-0.25, -0.2) is 9.78 Å². The van der Waals surface area contributed by atoms with E-state index < -0.39 is 12.1 Å². The molecule has 8 heteroatoms. The van der Waals surface area contributed by atoms with Gasteiger partial charge in [-0.15, -0.1) is 0 Å². The summed E-state index contributed by atoms with van der Waals surface area (Å²) in [7, 11) is 0. The molecule has 1 atom stereocenters. The third-order valence-corrected chi connectivity index (χ3v) is 3.29. The van der Waals surface area contributed by atoms with Crippen LogP contribution >= 0.6 is 0 Å². The summed E-state index contributed by atoms with van der Waals surface area (Å²) >= 11 is 0. The van der Waals surface area contributed by atoms with Crippen molar-refractivity contribution in [1.29, 1.82) is 0 Å². The molecular formula is C13H19N3O5. The molecule has 116 valence electrons. The molecular weight excluding hydrogens is 278 g/mol. The summed E-state index contributed by atoms with van der Waals surface area (Å²) < 4.78 is 10.7. The molecule has 8 nitrogen and oxygen atoms in total. The second-order valence-corrected chi connectivity index (χ2v) is 4.94. The summed E-state index contributed by atoms with van der Waals surface area (Å²) in [4.78, 5) is 28.4. The summed E-state index contributed by atoms with van der Waals surface area (Å²) in [6.07, 6.45) is -0.574. The molecule has 1 aliphatic heterocycles. The van der Waals surface area contributed by atoms with Crippen LogP contribution in [0.25, 0.3) is 0 Å². The summed E-state index contributed by atoms with van der Waals surface area (Å²) in [6.45, 7) is 4.89. The number of aryl methyl sites for hydroxylation is 2. The van der Waals surface area contributed by atoms with Gasteiger partial charge in [0, 0.05) is 13.1 Å². The average molecular weight is 297 g/mol. The van der Waals surface area contributed by atoms with E-state index in [0.717, 1.165) is 11.5 Å². The number of urea groups is 1. The minimum atomic E-state index is -0.937. The number of hydrogen-bond acceptors (Lipinski definition) is 5. The molecule has 2 amide bonds. The van der Waals surface area contributed by atoms with E-state index in [9.17, 15) is 9.59 Å². The molecule has 0 radical (unpaired) electrons. The first-order valence-electron chi connectivity index (χ1n) is 6.74. The van der Waals surface area contributed by atoms with Crippen molar-refractivity contribution in [3.8, 4) is 0 Å². The maximum atomic E-state index is 12.0. The normalized spacial score (nSPS) is 18.6. The number of carboxylic acid groups (broad SMARTS) is 1. The highest BCUT2D eigenvalue weighted by molar-refractivity contribution is 5.74. The van der Waals surface area contributed by atoms with Gasteiger partial charge in [-0.2, -0.15) is 0 Å². The number of nitrogens with zero attached hydrogens (tertiary/aromatic N) is 2. The molecule has 0 aromatic carbocycles. The van der Waals surface area contributed by atoms with E-state index in [1.165, 1.54) is 0 Å². The van der Waals surface area contributed by atoms with Crippen LogP contribution in [-0.4, -0.2) is 52.8 Å². The second-order valence-electron chi connectivity index (χ2n) is 4.94. The predicted octanol–water partition coefficient (Wildman–Crippen LogP) is 0.677. The van der Waals surface area contributed by atoms with Gasteiger partial charge >= 0.3 is 12.0 Å². The fraction of sp³-hybridized carbons (Fsp3) is 0.615. The van der Waals surface area contributed by atoms with Gasteiger partial charge in [0.2, 0.25) is 5.89 Å². The molecule has 1 unspecified atom stereocenters. The van der Waals surface area contributed by atoms with E-state index in [2.05, 4.69) is 10.3 Å². The van der Waals surface area contributed by atoms with Crippen molar-refractivity contribution in [1.82, 2.24) is 15.2 Å². The van der Waals surface area contributed by atoms with E-state index >= 15 is 0 Å². The average Bonchev–Trinajstić information content (AvgIpc) is 2.75. The molecule has 0 spiro atoms. The monoisotopic (exact) mass is 297 g/mol. The number of aliphatic carboxylic acids is 1. The fourth-order valence-electron chi connectivity index (χ4n) is 2.10. The zero-order valence-electron chi connectivity index (χ0n) is 12.1. The third kappa shape index (κ3) is 4.19. The summed E-state index contributed by atoms with van der Waals surface area (Å²) in [5, 5.41) is 11.5. The lowest BCUT2D eigenvalue weighted by Gasteiger charge is -2.32. The Hall–Kier alpha value is -2.09. The van der Waals surface area contributed by atoms with Crippen LogP contribution in [0.1, 0.15) is 23.8 Å². The number of ether oxygens (including phenoxy) is 1. The number of morpholine rings is 1. The van der Waals surface area contributed by atoms with Crippen molar-refractivity contribution < 1.29 is 23.8 Å². The minimum absolute atomic E-state index is 0.109. The number of carbonyl (C=O) groups excluding carboxylic acids is 1. The van der Waals surface area contributed by atoms with Crippen LogP contribution in [-0.2, 0) is 16.1 Å². The minimum Gasteiger partial charge on any atom is -0.481 e. The Bertz CT molecular complexity index is 508. The molecule has 1 aliphatic rings. The lowest BCUT2D eigenvalue weighted by Crippen LogP contribution is -2.49. The Morgan fingerprint density at radius 3 is 2.86 bits per heavy atom. The van der Waals surface area contributed by atoms with Crippen molar-refractivity contribution in [2.45, 2.75) is 32.9 Å². The second kappa shape index (κ2) is 6.57. The van der Waals surface area contributed by atoms with Gasteiger partial charge in [0.1, 0.15) is 5.76 Å². The highest BCUT2D eigenvalue weighted by atomic mass is 16.5. The molecule has 1 saturated heterocycles. The molecule has 21 heavy (non-hydrogen) atoms. The first kappa shape index (κ1) is 15.3. The zero-order valence-corrected chi connectivity index (χ0v) is 12.1. The van der Waals surface area contributed by atoms with Gasteiger partial charge in [-0.3, -0.25) is 4.79 Å². The lowest BCUT2D eigenvalue weighted by atomic mass is 10.2. The van der Waals surface area contributed by atoms with Crippen LogP contribution in [0.2, 0.25) is 0 Å². The summed E-state index contributed by atoms with van der Waals surface area (Å²) in [5.41, 5.74) is 0.798. The number of oxazole rings is 1. The van der Waals surface area contributed by atoms with E-state index in [0.29, 0.717) is 19.0 Å². The molecule has 1 aromatic rings. The van der Waals surface area contributed by atoms with Crippen LogP contribution < -0.4 is 5.32 Å². The summed E-state index contributed by atoms with van der Waals surface area (Å²) in [6, 6.07) is -0.276. The molecule has 0 aliphatic carbocycles. The highest BCUT2D eigenvalue weighted by Crippen LogP contribution is 2.10. The van der Waals surface area contributed by atoms with Gasteiger partial charge in [-0.05, 0) is 13.8 Å². The van der Waals surface area contributed by atoms with E-state index in [1.54, 1.807) is 4.90 Å². The lowest BCUT2D eigenvalue weighted by molar-refractivity contribution is -0.141. The van der Waals surface area contributed by atoms with Crippen molar-refractivity contribution in [3.05, 3.63) is 17.3 Å². The standard InChI is InChI=1S/C13H19N3O5/c1-8-9(2)21-11(15-8)6-14-13(19)16-3-4-20-10(7-16)5-12(17)18/h10H,3-7H2,1-2H3,(H,14,19)(H,17,18). The van der Waals surface area contributed by atoms with Gasteiger partial charge in [0.05, 0.1) is 31.4 Å². The van der Waals surface area contributed by atoms with Crippen LogP contribution in [0.15, 0.2) is 4.42 Å². The highest BCUT2D eigenvalue weighted by Gasteiger charge is 2.26. The van der Waals surface area contributed by atoms with Crippen LogP contribution in [0, 0.1) is 13.8 Å². The molecule has 2 heterocycles. The number of amides is 2. The van der Waals surface area contributed by atoms with Gasteiger partial charge in [0.25, 0.3) is 0 Å². The van der Waals surface area contributed by atoms with Gasteiger partial charge in [-0.1, -0.05) is 0 Å². The predicted molar refractivity (Wildman–Crippen MR) is 71.8 cm³/mol. The third-order valence-electron chi connectivity index (χ3n) is 3.29. The van der Waals surface area contributed by atoms with Crippen molar-refractivity contribution in [2.24, 2.45) is 0 Å². The number of carbonyl (C=O) groups is 2. The molecule has 2 N–H and O–H groups in total. The van der Waals surface area contributed by atoms with Crippen LogP contribution in [0.4, 0.5) is 4.79 Å². The van der Waals surface area contributed by atoms with E-state index in [4.69, 9.17) is 14.3 Å². The molecule has 2 rings (SSSR count). The maximum Gasteiger partial charge on any atom is 0.318 e. The van der Waals surface area contributed by atoms with Gasteiger partial charge < -0.3 is 24.5 Å². The van der Waals surface area contributed by atoms with Crippen LogP contribution in [0.5, 0.6) is 0 Å². The Labute approximate surface area is 122 Å². The Morgan fingerprint density at radius 2 is 2.24 bits per heavy atom. The van der Waals surface area contributed by atoms with E-state index in [-0.39, 0.29) is 25.5 Å². The quantitative estimate of drug-likeness (QED) is 0.846. The topological polar surface area (TPSA) is 105 Å². The molecule has 1 aromatic heterocycles. The molecule has 0 saturated carbocycles. The number of rotatable bonds is 4. The number of nitrogens with one attached hydrogen (secondary N) is 1. The number of aromatic nitrogens is 1. The van der Waals surface area contributed by atoms with E-state index in [1.807, 2.05) is 13.8 Å². The molecule has 0 bridgehead atoms. The van der Waals surface area contributed by atoms with Crippen LogP contribution in [0.3, 0.4) is 0 Å². The Kier molecular flexibility index (Phi) is 4.79. The number of carboxylic acids is 1. The summed E-state index contributed by atoms with van der Waals surface area (Å²) in [5.74, 6) is 0.244. The van der Waals surface area contributed by atoms with Crippen molar-refractivity contribution >= 4 is 12.0 Å². The Balaban J connectivity index is 1.83. The largest absolute Gasteiger partial charge is 0.481 e. The number of hydrogen-bond donors (Lipinski definition) is 2. The Morgan fingerprint density at radius 1 is 1.48 bits per heavy atom. The SMILES string of the molecule is Cc1nc(CNC(=O)N2CCOC(CC(=O)O)C2)oc1C.